The van der Waals surface area contributed by atoms with E-state index in [9.17, 15) is 4.79 Å². The van der Waals surface area contributed by atoms with Crippen molar-refractivity contribution in [3.63, 3.8) is 0 Å². The highest BCUT2D eigenvalue weighted by Crippen LogP contribution is 2.66. The quantitative estimate of drug-likeness (QED) is 0.368. The summed E-state index contributed by atoms with van der Waals surface area (Å²) < 4.78 is 10.7. The van der Waals surface area contributed by atoms with Gasteiger partial charge in [0, 0.05) is 13.0 Å². The van der Waals surface area contributed by atoms with Crippen LogP contribution in [0.25, 0.3) is 0 Å². The highest BCUT2D eigenvalue weighted by atomic mass is 16.7. The molecule has 4 aliphatic carbocycles. The average molecular weight is 375 g/mol. The van der Waals surface area contributed by atoms with E-state index in [1.54, 1.807) is 12.7 Å². The Hall–Kier alpha value is -0.670. The Kier molecular flexibility index (Phi) is 5.31. The van der Waals surface area contributed by atoms with Crippen molar-refractivity contribution in [1.82, 2.24) is 0 Å². The minimum Gasteiger partial charge on any atom is -0.359 e. The van der Waals surface area contributed by atoms with E-state index < -0.39 is 0 Å². The van der Waals surface area contributed by atoms with Crippen molar-refractivity contribution >= 4 is 5.78 Å². The van der Waals surface area contributed by atoms with Crippen LogP contribution in [0, 0.1) is 40.4 Å². The molecule has 0 aromatic carbocycles. The van der Waals surface area contributed by atoms with Crippen LogP contribution in [0.4, 0.5) is 0 Å². The number of allylic oxidation sites excluding steroid dienone is 2. The summed E-state index contributed by atoms with van der Waals surface area (Å²) in [7, 11) is 1.69. The van der Waals surface area contributed by atoms with E-state index in [0.29, 0.717) is 29.8 Å². The number of rotatable bonds is 5. The van der Waals surface area contributed by atoms with Crippen molar-refractivity contribution in [3.8, 4) is 0 Å². The zero-order valence-electron chi connectivity index (χ0n) is 17.8. The number of carbonyl (C=O) groups is 1. The van der Waals surface area contributed by atoms with Crippen LogP contribution in [0.5, 0.6) is 0 Å². The largest absolute Gasteiger partial charge is 0.359 e. The van der Waals surface area contributed by atoms with Crippen molar-refractivity contribution < 1.29 is 14.3 Å². The van der Waals surface area contributed by atoms with E-state index in [1.165, 1.54) is 44.9 Å². The Balaban J connectivity index is 1.51. The third-order valence-corrected chi connectivity index (χ3v) is 9.25. The second-order valence-corrected chi connectivity index (χ2v) is 10.4. The van der Waals surface area contributed by atoms with Gasteiger partial charge in [-0.15, -0.1) is 0 Å². The second kappa shape index (κ2) is 7.30. The first-order valence-corrected chi connectivity index (χ1v) is 11.2. The lowest BCUT2D eigenvalue weighted by Crippen LogP contribution is -2.50. The molecule has 27 heavy (non-hydrogen) atoms. The molecule has 0 aromatic rings. The Morgan fingerprint density at radius 3 is 2.70 bits per heavy atom. The predicted molar refractivity (Wildman–Crippen MR) is 107 cm³/mol. The zero-order valence-corrected chi connectivity index (χ0v) is 17.8. The number of fused-ring (bicyclic) bond motifs is 5. The van der Waals surface area contributed by atoms with Crippen molar-refractivity contribution in [2.75, 3.05) is 20.5 Å². The van der Waals surface area contributed by atoms with E-state index in [4.69, 9.17) is 9.47 Å². The molecule has 4 aliphatic rings. The first-order valence-electron chi connectivity index (χ1n) is 11.2. The number of carbonyl (C=O) groups excluding carboxylic acids is 1. The summed E-state index contributed by atoms with van der Waals surface area (Å²) in [5.41, 5.74) is 2.36. The van der Waals surface area contributed by atoms with E-state index >= 15 is 0 Å². The van der Waals surface area contributed by atoms with Crippen LogP contribution >= 0.6 is 0 Å². The Labute approximate surface area is 165 Å². The molecule has 3 saturated carbocycles. The van der Waals surface area contributed by atoms with Crippen LogP contribution in [0.2, 0.25) is 0 Å². The smallest absolute Gasteiger partial charge is 0.146 e. The molecule has 0 amide bonds. The molecule has 0 aromatic heterocycles. The zero-order chi connectivity index (χ0) is 19.2. The van der Waals surface area contributed by atoms with E-state index in [2.05, 4.69) is 19.9 Å². The van der Waals surface area contributed by atoms with Crippen LogP contribution in [0.1, 0.15) is 72.1 Å². The first-order chi connectivity index (χ1) is 12.9. The van der Waals surface area contributed by atoms with Crippen LogP contribution < -0.4 is 0 Å². The molecule has 3 fully saturated rings. The number of Topliss-reactive ketones (excluding diaryl/α,β-unsaturated/α-hetero) is 1. The Morgan fingerprint density at radius 1 is 1.15 bits per heavy atom. The summed E-state index contributed by atoms with van der Waals surface area (Å²) in [4.78, 5) is 12.3. The standard InChI is InChI=1S/C24H38O3/c1-16(25)20-7-8-21-19-6-5-18-13-17(14-27-15-26-4)9-11-23(18,2)22(19)10-12-24(20,21)3/h5,17,19-22H,6-15H2,1-4H3. The molecule has 0 N–H and O–H groups in total. The maximum Gasteiger partial charge on any atom is 0.146 e. The van der Waals surface area contributed by atoms with Crippen LogP contribution in [-0.4, -0.2) is 26.3 Å². The van der Waals surface area contributed by atoms with Crippen LogP contribution in [0.3, 0.4) is 0 Å². The third-order valence-electron chi connectivity index (χ3n) is 9.25. The Morgan fingerprint density at radius 2 is 1.96 bits per heavy atom. The van der Waals surface area contributed by atoms with Gasteiger partial charge in [-0.2, -0.15) is 0 Å². The molecule has 0 spiro atoms. The molecule has 7 unspecified atom stereocenters. The molecule has 0 heterocycles. The number of hydrogen-bond donors (Lipinski definition) is 0. The lowest BCUT2D eigenvalue weighted by atomic mass is 9.47. The maximum atomic E-state index is 12.3. The number of methoxy groups -OCH3 is 1. The minimum absolute atomic E-state index is 0.264. The lowest BCUT2D eigenvalue weighted by Gasteiger charge is -2.58. The maximum absolute atomic E-state index is 12.3. The average Bonchev–Trinajstić information content (AvgIpc) is 2.99. The van der Waals surface area contributed by atoms with Crippen molar-refractivity contribution in [3.05, 3.63) is 11.6 Å². The Bertz CT molecular complexity index is 611. The van der Waals surface area contributed by atoms with Crippen LogP contribution in [-0.2, 0) is 14.3 Å². The van der Waals surface area contributed by atoms with Gasteiger partial charge in [0.25, 0.3) is 0 Å². The van der Waals surface area contributed by atoms with Gasteiger partial charge in [-0.25, -0.2) is 0 Å². The van der Waals surface area contributed by atoms with Crippen molar-refractivity contribution in [2.24, 2.45) is 40.4 Å². The third kappa shape index (κ3) is 3.13. The van der Waals surface area contributed by atoms with Gasteiger partial charge in [0.15, 0.2) is 0 Å². The molecular weight excluding hydrogens is 336 g/mol. The van der Waals surface area contributed by atoms with Gasteiger partial charge in [-0.3, -0.25) is 4.79 Å². The fourth-order valence-corrected chi connectivity index (χ4v) is 7.84. The number of ether oxygens (including phenoxy) is 2. The topological polar surface area (TPSA) is 35.5 Å². The van der Waals surface area contributed by atoms with Crippen molar-refractivity contribution in [1.29, 1.82) is 0 Å². The lowest BCUT2D eigenvalue weighted by molar-refractivity contribution is -0.127. The number of hydrogen-bond acceptors (Lipinski definition) is 3. The fourth-order valence-electron chi connectivity index (χ4n) is 7.84. The van der Waals surface area contributed by atoms with Crippen molar-refractivity contribution in [2.45, 2.75) is 72.1 Å². The summed E-state index contributed by atoms with van der Waals surface area (Å²) in [6.45, 7) is 8.07. The second-order valence-electron chi connectivity index (χ2n) is 10.4. The summed E-state index contributed by atoms with van der Waals surface area (Å²) in [5.74, 6) is 3.77. The molecule has 0 saturated heterocycles. The molecule has 152 valence electrons. The monoisotopic (exact) mass is 374 g/mol. The van der Waals surface area contributed by atoms with Gasteiger partial charge in [0.1, 0.15) is 12.6 Å². The van der Waals surface area contributed by atoms with Gasteiger partial charge in [0.2, 0.25) is 0 Å². The van der Waals surface area contributed by atoms with E-state index in [-0.39, 0.29) is 5.41 Å². The normalized spacial score (nSPS) is 46.2. The molecule has 4 rings (SSSR count). The van der Waals surface area contributed by atoms with E-state index in [0.717, 1.165) is 30.8 Å². The highest BCUT2D eigenvalue weighted by molar-refractivity contribution is 5.79. The highest BCUT2D eigenvalue weighted by Gasteiger charge is 2.59. The minimum atomic E-state index is 0.264. The SMILES string of the molecule is COCOCC1CCC2(C)C(=CCC3C2CCC2(C)C(C(C)=O)CCC32)C1. The molecular formula is C24H38O3. The fraction of sp³-hybridized carbons (Fsp3) is 0.875. The molecule has 3 heteroatoms. The molecule has 0 radical (unpaired) electrons. The van der Waals surface area contributed by atoms with Gasteiger partial charge in [0.05, 0.1) is 6.61 Å². The summed E-state index contributed by atoms with van der Waals surface area (Å²) in [6, 6.07) is 0. The molecule has 0 aliphatic heterocycles. The summed E-state index contributed by atoms with van der Waals surface area (Å²) in [6.07, 6.45) is 12.6. The summed E-state index contributed by atoms with van der Waals surface area (Å²) >= 11 is 0. The molecule has 3 nitrogen and oxygen atoms in total. The first kappa shape index (κ1) is 19.6. The van der Waals surface area contributed by atoms with Gasteiger partial charge >= 0.3 is 0 Å². The molecule has 7 atom stereocenters. The number of ketones is 1. The molecule has 0 bridgehead atoms. The van der Waals surface area contributed by atoms with Crippen LogP contribution in [0.15, 0.2) is 11.6 Å². The van der Waals surface area contributed by atoms with E-state index in [1.807, 2.05) is 6.92 Å². The van der Waals surface area contributed by atoms with Gasteiger partial charge in [-0.1, -0.05) is 25.5 Å². The van der Waals surface area contributed by atoms with Gasteiger partial charge in [-0.05, 0) is 92.8 Å². The van der Waals surface area contributed by atoms with Gasteiger partial charge < -0.3 is 9.47 Å². The summed E-state index contributed by atoms with van der Waals surface area (Å²) in [5, 5.41) is 0. The predicted octanol–water partition coefficient (Wildman–Crippen LogP) is 5.39.